The Morgan fingerprint density at radius 2 is 1.72 bits per heavy atom. The van der Waals surface area contributed by atoms with Crippen LogP contribution in [0.1, 0.15) is 15.9 Å². The molecule has 178 valence electrons. The minimum Gasteiger partial charge on any atom is -0.267 e. The second-order valence-electron chi connectivity index (χ2n) is 7.66. The van der Waals surface area contributed by atoms with E-state index in [1.54, 1.807) is 53.4 Å². The highest BCUT2D eigenvalue weighted by atomic mass is 35.5. The topological polar surface area (TPSA) is 67.2 Å². The first-order valence-electron chi connectivity index (χ1n) is 10.7. The van der Waals surface area contributed by atoms with Crippen LogP contribution in [-0.2, 0) is 4.79 Å². The summed E-state index contributed by atoms with van der Waals surface area (Å²) in [7, 11) is 0. The van der Waals surface area contributed by atoms with Crippen molar-refractivity contribution in [3.05, 3.63) is 112 Å². The van der Waals surface area contributed by atoms with E-state index < -0.39 is 11.8 Å². The van der Waals surface area contributed by atoms with Crippen molar-refractivity contribution in [2.45, 2.75) is 0 Å². The van der Waals surface area contributed by atoms with Crippen LogP contribution in [-0.4, -0.2) is 30.9 Å². The number of benzene rings is 3. The molecule has 6 nitrogen and oxygen atoms in total. The van der Waals surface area contributed by atoms with Gasteiger partial charge in [0.2, 0.25) is 0 Å². The molecule has 1 aromatic heterocycles. The van der Waals surface area contributed by atoms with Crippen molar-refractivity contribution in [3.63, 3.8) is 0 Å². The predicted octanol–water partition coefficient (Wildman–Crippen LogP) is 5.88. The highest BCUT2D eigenvalue weighted by Crippen LogP contribution is 2.34. The van der Waals surface area contributed by atoms with E-state index in [2.05, 4.69) is 10.5 Å². The summed E-state index contributed by atoms with van der Waals surface area (Å²) in [5.41, 5.74) is 5.44. The molecule has 1 saturated heterocycles. The third kappa shape index (κ3) is 4.81. The predicted molar refractivity (Wildman–Crippen MR) is 143 cm³/mol. The summed E-state index contributed by atoms with van der Waals surface area (Å²) in [6, 6.07) is 21.9. The maximum atomic E-state index is 13.5. The largest absolute Gasteiger partial charge is 0.285 e. The maximum Gasteiger partial charge on any atom is 0.285 e. The van der Waals surface area contributed by atoms with E-state index in [9.17, 15) is 14.0 Å². The van der Waals surface area contributed by atoms with Gasteiger partial charge in [-0.15, -0.1) is 0 Å². The Balaban J connectivity index is 1.48. The number of halogens is 2. The molecule has 3 aromatic carbocycles. The first kappa shape index (κ1) is 23.9. The number of para-hydroxylation sites is 1. The van der Waals surface area contributed by atoms with Gasteiger partial charge in [0, 0.05) is 17.3 Å². The minimum atomic E-state index is -0.554. The van der Waals surface area contributed by atoms with E-state index >= 15 is 0 Å². The van der Waals surface area contributed by atoms with E-state index in [4.69, 9.17) is 23.8 Å². The molecule has 0 unspecified atom stereocenters. The maximum absolute atomic E-state index is 13.5. The Labute approximate surface area is 220 Å². The van der Waals surface area contributed by atoms with Gasteiger partial charge in [-0.2, -0.15) is 10.1 Å². The number of rotatable bonds is 5. The summed E-state index contributed by atoms with van der Waals surface area (Å²) in [5, 5.41) is 5.96. The van der Waals surface area contributed by atoms with Crippen LogP contribution >= 0.6 is 35.6 Å². The second-order valence-corrected chi connectivity index (χ2v) is 9.74. The Kier molecular flexibility index (Phi) is 6.69. The number of hydrazine groups is 1. The summed E-state index contributed by atoms with van der Waals surface area (Å²) >= 11 is 12.5. The van der Waals surface area contributed by atoms with Gasteiger partial charge in [-0.05, 0) is 66.8 Å². The van der Waals surface area contributed by atoms with E-state index in [0.717, 1.165) is 22.5 Å². The van der Waals surface area contributed by atoms with Gasteiger partial charge in [0.25, 0.3) is 11.8 Å². The molecule has 0 saturated carbocycles. The van der Waals surface area contributed by atoms with Gasteiger partial charge < -0.3 is 0 Å². The molecule has 1 fully saturated rings. The van der Waals surface area contributed by atoms with Crippen LogP contribution in [0, 0.1) is 5.82 Å². The molecule has 2 heterocycles. The van der Waals surface area contributed by atoms with Gasteiger partial charge in [0.15, 0.2) is 4.32 Å². The van der Waals surface area contributed by atoms with Crippen molar-refractivity contribution in [2.24, 2.45) is 0 Å². The molecule has 5 rings (SSSR count). The van der Waals surface area contributed by atoms with Crippen molar-refractivity contribution in [2.75, 3.05) is 0 Å². The van der Waals surface area contributed by atoms with E-state index in [0.29, 0.717) is 21.7 Å². The van der Waals surface area contributed by atoms with Crippen molar-refractivity contribution in [1.82, 2.24) is 20.2 Å². The highest BCUT2D eigenvalue weighted by molar-refractivity contribution is 8.26. The van der Waals surface area contributed by atoms with Crippen LogP contribution in [0.5, 0.6) is 0 Å². The smallest absolute Gasteiger partial charge is 0.267 e. The molecule has 1 N–H and O–H groups in total. The number of thiocarbonyl (C=S) groups is 1. The van der Waals surface area contributed by atoms with E-state index in [1.165, 1.54) is 12.1 Å². The number of nitrogens with zero attached hydrogens (tertiary/aromatic N) is 3. The third-order valence-electron chi connectivity index (χ3n) is 5.29. The fourth-order valence-corrected chi connectivity index (χ4v) is 4.94. The lowest BCUT2D eigenvalue weighted by Gasteiger charge is -2.16. The number of carbonyl (C=O) groups excluding carboxylic acids is 2. The summed E-state index contributed by atoms with van der Waals surface area (Å²) < 4.78 is 15.4. The van der Waals surface area contributed by atoms with Crippen molar-refractivity contribution < 1.29 is 14.0 Å². The number of carbonyl (C=O) groups is 2. The number of nitrogens with one attached hydrogen (secondary N) is 1. The molecule has 0 atom stereocenters. The second kappa shape index (κ2) is 10.1. The van der Waals surface area contributed by atoms with Crippen molar-refractivity contribution in [1.29, 1.82) is 0 Å². The quantitative estimate of drug-likeness (QED) is 0.256. The normalized spacial score (nSPS) is 14.5. The number of aromatic nitrogens is 2. The van der Waals surface area contributed by atoms with Crippen LogP contribution < -0.4 is 5.43 Å². The van der Waals surface area contributed by atoms with Gasteiger partial charge in [-0.1, -0.05) is 53.7 Å². The Hall–Kier alpha value is -3.79. The lowest BCUT2D eigenvalue weighted by molar-refractivity contribution is -0.123. The average Bonchev–Trinajstić information content (AvgIpc) is 3.42. The first-order valence-corrected chi connectivity index (χ1v) is 12.3. The fraction of sp³-hybridized carbons (Fsp3) is 0. The van der Waals surface area contributed by atoms with Crippen molar-refractivity contribution in [3.8, 4) is 16.9 Å². The van der Waals surface area contributed by atoms with Crippen LogP contribution in [0.3, 0.4) is 0 Å². The minimum absolute atomic E-state index is 0.172. The standard InChI is InChI=1S/C26H16ClFN4O2S2/c27-21-9-5-4-8-20(21)24(33)30-32-25(34)22(36-26(32)35)14-17-15-31(19-6-2-1-3-7-19)29-23(17)16-10-12-18(28)13-11-16/h1-15H,(H,30,33)/b22-14+. The van der Waals surface area contributed by atoms with Gasteiger partial charge in [0.1, 0.15) is 5.82 Å². The number of hydrogen-bond donors (Lipinski definition) is 1. The molecule has 0 bridgehead atoms. The molecule has 10 heteroatoms. The zero-order valence-electron chi connectivity index (χ0n) is 18.4. The van der Waals surface area contributed by atoms with Gasteiger partial charge in [-0.3, -0.25) is 15.0 Å². The molecule has 36 heavy (non-hydrogen) atoms. The molecule has 4 aromatic rings. The average molecular weight is 535 g/mol. The molecule has 0 radical (unpaired) electrons. The lowest BCUT2D eigenvalue weighted by atomic mass is 10.1. The lowest BCUT2D eigenvalue weighted by Crippen LogP contribution is -2.44. The summed E-state index contributed by atoms with van der Waals surface area (Å²) in [6.07, 6.45) is 3.44. The zero-order chi connectivity index (χ0) is 25.2. The third-order valence-corrected chi connectivity index (χ3v) is 6.92. The molecular weight excluding hydrogens is 519 g/mol. The molecule has 0 spiro atoms. The number of hydrogen-bond acceptors (Lipinski definition) is 5. The first-order chi connectivity index (χ1) is 17.4. The fourth-order valence-electron chi connectivity index (χ4n) is 3.55. The molecular formula is C26H16ClFN4O2S2. The highest BCUT2D eigenvalue weighted by Gasteiger charge is 2.34. The summed E-state index contributed by atoms with van der Waals surface area (Å²) in [6.45, 7) is 0. The molecule has 1 aliphatic heterocycles. The van der Waals surface area contributed by atoms with Gasteiger partial charge >= 0.3 is 0 Å². The Morgan fingerprint density at radius 1 is 1.03 bits per heavy atom. The van der Waals surface area contributed by atoms with Gasteiger partial charge in [-0.25, -0.2) is 9.07 Å². The SMILES string of the molecule is O=C(NN1C(=O)/C(=C\c2cn(-c3ccccc3)nc2-c2ccc(F)cc2)SC1=S)c1ccccc1Cl. The summed E-state index contributed by atoms with van der Waals surface area (Å²) in [4.78, 5) is 26.2. The monoisotopic (exact) mass is 534 g/mol. The molecule has 1 aliphatic rings. The van der Waals surface area contributed by atoms with E-state index in [1.807, 2.05) is 30.3 Å². The van der Waals surface area contributed by atoms with Crippen molar-refractivity contribution >= 4 is 57.8 Å². The Bertz CT molecular complexity index is 1520. The Morgan fingerprint density at radius 3 is 2.44 bits per heavy atom. The number of amides is 2. The van der Waals surface area contributed by atoms with Crippen LogP contribution in [0.15, 0.2) is 90.0 Å². The molecule has 2 amide bonds. The molecule has 0 aliphatic carbocycles. The number of thioether (sulfide) groups is 1. The zero-order valence-corrected chi connectivity index (χ0v) is 20.8. The van der Waals surface area contributed by atoms with E-state index in [-0.39, 0.29) is 20.7 Å². The van der Waals surface area contributed by atoms with Crippen LogP contribution in [0.25, 0.3) is 23.0 Å². The van der Waals surface area contributed by atoms with Gasteiger partial charge in [0.05, 0.1) is 26.9 Å². The van der Waals surface area contributed by atoms with Crippen LogP contribution in [0.4, 0.5) is 4.39 Å². The summed E-state index contributed by atoms with van der Waals surface area (Å²) in [5.74, 6) is -1.40. The van der Waals surface area contributed by atoms with Crippen LogP contribution in [0.2, 0.25) is 5.02 Å².